The first-order valence-electron chi connectivity index (χ1n) is 19.2. The monoisotopic (exact) mass is 830 g/mol. The fraction of sp³-hybridized carbons (Fsp3) is 0.409. The first kappa shape index (κ1) is 44.0. The molecule has 3 aromatic carbocycles. The van der Waals surface area contributed by atoms with E-state index < -0.39 is 35.7 Å². The highest BCUT2D eigenvalue weighted by atomic mass is 32.2. The third-order valence-electron chi connectivity index (χ3n) is 9.63. The molecule has 14 heteroatoms. The molecular weight excluding hydrogens is 781 g/mol. The Bertz CT molecular complexity index is 1890. The normalized spacial score (nSPS) is 19.0. The zero-order valence-corrected chi connectivity index (χ0v) is 35.1. The van der Waals surface area contributed by atoms with Gasteiger partial charge in [0.15, 0.2) is 0 Å². The van der Waals surface area contributed by atoms with Gasteiger partial charge in [0.05, 0.1) is 36.6 Å². The van der Waals surface area contributed by atoms with Crippen LogP contribution in [0, 0.1) is 11.8 Å². The number of amides is 2. The van der Waals surface area contributed by atoms with Gasteiger partial charge in [0.2, 0.25) is 0 Å². The molecule has 0 saturated heterocycles. The minimum absolute atomic E-state index is 0.0197. The second kappa shape index (κ2) is 20.6. The Labute approximate surface area is 347 Å². The summed E-state index contributed by atoms with van der Waals surface area (Å²) in [5.74, 6) is -2.57. The lowest BCUT2D eigenvalue weighted by atomic mass is 9.76. The van der Waals surface area contributed by atoms with E-state index in [9.17, 15) is 28.8 Å². The largest absolute Gasteiger partial charge is 0.466 e. The fourth-order valence-corrected chi connectivity index (χ4v) is 8.29. The van der Waals surface area contributed by atoms with Crippen LogP contribution in [0.5, 0.6) is 11.5 Å². The highest BCUT2D eigenvalue weighted by Crippen LogP contribution is 2.39. The summed E-state index contributed by atoms with van der Waals surface area (Å²) in [5.41, 5.74) is 4.54. The van der Waals surface area contributed by atoms with Crippen molar-refractivity contribution >= 4 is 59.2 Å². The number of rotatable bonds is 4. The van der Waals surface area contributed by atoms with Crippen molar-refractivity contribution in [3.05, 3.63) is 106 Å². The average molecular weight is 831 g/mol. The van der Waals surface area contributed by atoms with E-state index in [0.717, 1.165) is 27.8 Å². The third kappa shape index (κ3) is 12.5. The Morgan fingerprint density at radius 3 is 1.40 bits per heavy atom. The Balaban J connectivity index is 1.38. The van der Waals surface area contributed by atoms with Crippen molar-refractivity contribution in [2.24, 2.45) is 11.8 Å². The summed E-state index contributed by atoms with van der Waals surface area (Å²) in [5, 5.41) is 5.85. The van der Waals surface area contributed by atoms with Crippen LogP contribution in [-0.2, 0) is 47.2 Å². The maximum atomic E-state index is 13.4. The number of hydrogen-bond donors (Lipinski definition) is 2. The van der Waals surface area contributed by atoms with Gasteiger partial charge < -0.3 is 29.6 Å². The van der Waals surface area contributed by atoms with Crippen molar-refractivity contribution < 1.29 is 47.7 Å². The van der Waals surface area contributed by atoms with Gasteiger partial charge in [0.25, 0.3) is 11.8 Å². The van der Waals surface area contributed by atoms with Crippen molar-refractivity contribution in [1.29, 1.82) is 0 Å². The lowest BCUT2D eigenvalue weighted by molar-refractivity contribution is -0.160. The number of esters is 4. The molecule has 0 unspecified atom stereocenters. The maximum Gasteiger partial charge on any atom is 0.321 e. The first-order valence-corrected chi connectivity index (χ1v) is 21.5. The minimum Gasteiger partial charge on any atom is -0.466 e. The molecule has 0 fully saturated rings. The molecule has 2 N–H and O–H groups in total. The first-order chi connectivity index (χ1) is 27.7. The van der Waals surface area contributed by atoms with Crippen LogP contribution in [0.4, 0.5) is 0 Å². The number of carbonyl (C=O) groups excluding carboxylic acids is 6. The number of thioether (sulfide) groups is 2. The smallest absolute Gasteiger partial charge is 0.321 e. The van der Waals surface area contributed by atoms with Crippen molar-refractivity contribution in [3.8, 4) is 11.5 Å². The molecule has 2 amide bonds. The molecule has 0 aromatic heterocycles. The van der Waals surface area contributed by atoms with Gasteiger partial charge in [-0.3, -0.25) is 28.8 Å². The van der Waals surface area contributed by atoms with Gasteiger partial charge in [-0.1, -0.05) is 56.2 Å². The molecule has 4 aliphatic heterocycles. The molecule has 1 aliphatic carbocycles. The number of hydrogen-bond acceptors (Lipinski definition) is 12. The topological polar surface area (TPSA) is 163 Å². The van der Waals surface area contributed by atoms with Gasteiger partial charge in [-0.25, -0.2) is 0 Å². The number of nitrogens with one attached hydrogen (secondary N) is 2. The Kier molecular flexibility index (Phi) is 15.6. The molecule has 5 aliphatic rings. The molecule has 12 nitrogen and oxygen atoms in total. The molecule has 2 atom stereocenters. The number of carbonyl (C=O) groups is 6. The van der Waals surface area contributed by atoms with Crippen molar-refractivity contribution in [3.63, 3.8) is 0 Å². The van der Waals surface area contributed by atoms with E-state index in [1.165, 1.54) is 23.5 Å². The highest BCUT2D eigenvalue weighted by molar-refractivity contribution is 8.00. The molecule has 6 bridgehead atoms. The minimum atomic E-state index is -0.746. The van der Waals surface area contributed by atoms with E-state index in [1.807, 2.05) is 20.8 Å². The summed E-state index contributed by atoms with van der Waals surface area (Å²) < 4.78 is 21.9. The molecule has 3 aromatic rings. The van der Waals surface area contributed by atoms with E-state index in [1.54, 1.807) is 80.6 Å². The molecule has 308 valence electrons. The molecule has 0 saturated carbocycles. The van der Waals surface area contributed by atoms with Crippen molar-refractivity contribution in [2.45, 2.75) is 66.0 Å². The number of ether oxygens (including phenoxy) is 4. The van der Waals surface area contributed by atoms with Crippen LogP contribution >= 0.6 is 23.5 Å². The van der Waals surface area contributed by atoms with Gasteiger partial charge in [-0.15, -0.1) is 23.5 Å². The predicted octanol–water partition coefficient (Wildman–Crippen LogP) is 6.58. The van der Waals surface area contributed by atoms with E-state index in [0.29, 0.717) is 34.1 Å². The number of benzene rings is 3. The van der Waals surface area contributed by atoms with Crippen LogP contribution < -0.4 is 20.1 Å². The van der Waals surface area contributed by atoms with Crippen LogP contribution in [0.15, 0.2) is 77.9 Å². The summed E-state index contributed by atoms with van der Waals surface area (Å²) in [7, 11) is 0. The van der Waals surface area contributed by atoms with E-state index >= 15 is 0 Å². The zero-order chi connectivity index (χ0) is 41.8. The van der Waals surface area contributed by atoms with E-state index in [4.69, 9.17) is 18.9 Å². The maximum absolute atomic E-state index is 13.4. The molecular formula is C44H50N2O10S2. The van der Waals surface area contributed by atoms with Crippen molar-refractivity contribution in [1.82, 2.24) is 10.6 Å². The molecule has 0 spiro atoms. The molecule has 4 heterocycles. The van der Waals surface area contributed by atoms with E-state index in [2.05, 4.69) is 10.6 Å². The van der Waals surface area contributed by atoms with Gasteiger partial charge in [-0.2, -0.15) is 0 Å². The van der Waals surface area contributed by atoms with Crippen LogP contribution in [0.3, 0.4) is 0 Å². The highest BCUT2D eigenvalue weighted by Gasteiger charge is 2.41. The average Bonchev–Trinajstić information content (AvgIpc) is 3.19. The van der Waals surface area contributed by atoms with Crippen molar-refractivity contribution in [2.75, 3.05) is 36.2 Å². The van der Waals surface area contributed by atoms with Gasteiger partial charge in [0.1, 0.15) is 11.5 Å². The summed E-state index contributed by atoms with van der Waals surface area (Å²) in [6, 6.07) is 18.8. The SMILES string of the molecule is CCOC(=O)[C@H]1CC2=C(CSCC(=O)Oc3ccc(cc3)CNC(=O)c3cc(cc(C(C)(C)C)c3)C(=O)NCc3ccc(cc3)OC(=O)CSC2)C[C@@H]1C(=O)OCC. The molecule has 0 radical (unpaired) electrons. The Hall–Kier alpha value is -5.08. The third-order valence-corrected chi connectivity index (χ3v) is 11.6. The van der Waals surface area contributed by atoms with Gasteiger partial charge >= 0.3 is 23.9 Å². The standard InChI is InChI=1S/C44H50N2O10S2/c1-6-53-42(51)36-19-31-23-57-25-38(47)55-34-12-8-27(9-13-34)21-45-40(49)29-16-30(18-33(17-29)44(3,4)5)41(50)46-22-28-10-14-35(15-11-28)56-39(48)26-58-24-32(31)20-37(36)43(52)54-7-2/h8-18,36-37H,6-7,19-26H2,1-5H3,(H,45,49)(H,46,50)/t36-,37-/m0/s1. The second-order valence-corrected chi connectivity index (χ2v) is 16.9. The fourth-order valence-electron chi connectivity index (χ4n) is 6.50. The van der Waals surface area contributed by atoms with Crippen LogP contribution in [0.2, 0.25) is 0 Å². The van der Waals surface area contributed by atoms with Gasteiger partial charge in [0, 0.05) is 35.7 Å². The quantitative estimate of drug-likeness (QED) is 0.165. The van der Waals surface area contributed by atoms with Crippen LogP contribution in [0.25, 0.3) is 0 Å². The summed E-state index contributed by atoms with van der Waals surface area (Å²) >= 11 is 2.66. The lowest BCUT2D eigenvalue weighted by Crippen LogP contribution is -2.37. The zero-order valence-electron chi connectivity index (χ0n) is 33.5. The molecule has 8 rings (SSSR count). The lowest BCUT2D eigenvalue weighted by Gasteiger charge is -2.32. The van der Waals surface area contributed by atoms with E-state index in [-0.39, 0.29) is 67.9 Å². The van der Waals surface area contributed by atoms with Gasteiger partial charge in [-0.05, 0) is 91.3 Å². The summed E-state index contributed by atoms with van der Waals surface area (Å²) in [6.07, 6.45) is 0.497. The predicted molar refractivity (Wildman–Crippen MR) is 223 cm³/mol. The van der Waals surface area contributed by atoms with Crippen LogP contribution in [-0.4, -0.2) is 71.9 Å². The Morgan fingerprint density at radius 2 is 1.03 bits per heavy atom. The second-order valence-electron chi connectivity index (χ2n) is 15.0. The molecule has 58 heavy (non-hydrogen) atoms. The summed E-state index contributed by atoms with van der Waals surface area (Å²) in [6.45, 7) is 10.2. The van der Waals surface area contributed by atoms with Crippen LogP contribution in [0.1, 0.15) is 84.9 Å². The summed E-state index contributed by atoms with van der Waals surface area (Å²) in [4.78, 5) is 78.8. The Morgan fingerprint density at radius 1 is 0.638 bits per heavy atom.